The van der Waals surface area contributed by atoms with Crippen LogP contribution >= 0.6 is 0 Å². The lowest BCUT2D eigenvalue weighted by atomic mass is 9.91. The molecule has 20 rings (SSSR count). The van der Waals surface area contributed by atoms with E-state index in [0.717, 1.165) is 191 Å². The van der Waals surface area contributed by atoms with E-state index in [1.807, 2.05) is 141 Å². The van der Waals surface area contributed by atoms with E-state index in [1.54, 1.807) is 143 Å². The first-order chi connectivity index (χ1) is 64.7. The molecule has 133 heavy (non-hydrogen) atoms. The zero-order valence-electron chi connectivity index (χ0n) is 74.4. The number of hydrogen-bond donors (Lipinski definition) is 6. The van der Waals surface area contributed by atoms with Gasteiger partial charge in [0.15, 0.2) is 0 Å². The molecule has 0 unspecified atom stereocenters. The van der Waals surface area contributed by atoms with Crippen molar-refractivity contribution >= 4 is 51.6 Å². The van der Waals surface area contributed by atoms with Crippen molar-refractivity contribution in [3.05, 3.63) is 325 Å². The van der Waals surface area contributed by atoms with Crippen LogP contribution in [0.15, 0.2) is 263 Å². The first kappa shape index (κ1) is 89.9. The average Bonchev–Trinajstić information content (AvgIpc) is 1.46. The monoisotopic (exact) mass is 1780 g/mol. The van der Waals surface area contributed by atoms with Gasteiger partial charge in [0.25, 0.3) is 17.7 Å². The third-order valence-corrected chi connectivity index (χ3v) is 24.8. The maximum absolute atomic E-state index is 13.8. The highest BCUT2D eigenvalue weighted by molar-refractivity contribution is 5.97. The number of likely N-dealkylation sites (tertiary alicyclic amines) is 1. The van der Waals surface area contributed by atoms with Gasteiger partial charge in [0.1, 0.15) is 57.3 Å². The SMILES string of the molecule is Cc1cc(-c2ncccc2-c2ccc3c(cnn3C(=O)N[C@H]3CCCC[C@@H]3N)c2)ccc1F.Cc1cc(-c2ncccc2-c2ccc3ncc(C(=O)NC4CCNCC4)n3c2)ccc1F.Cc1cc(-c2ncccc2-c2ccc3ncc(C(=O)NCC4CCN(C)CC4)n3c2)ccc1F.Cc1cc(-c2ncccc2-c2ccc3ncc(C(=O)NCCCn4ccnc4)n3c2)ccc1F. The number of imidazole rings is 4. The summed E-state index contributed by atoms with van der Waals surface area (Å²) < 4.78 is 64.0. The van der Waals surface area contributed by atoms with Crippen molar-refractivity contribution < 1.29 is 36.7 Å². The largest absolute Gasteiger partial charge is 0.351 e. The lowest BCUT2D eigenvalue weighted by molar-refractivity contribution is 0.0918. The highest BCUT2D eigenvalue weighted by Gasteiger charge is 2.28. The van der Waals surface area contributed by atoms with Gasteiger partial charge in [-0.25, -0.2) is 42.3 Å². The number of carbonyl (C=O) groups is 4. The summed E-state index contributed by atoms with van der Waals surface area (Å²) in [5, 5.41) is 20.7. The van der Waals surface area contributed by atoms with Gasteiger partial charge in [-0.15, -0.1) is 0 Å². The minimum absolute atomic E-state index is 0.0183. The van der Waals surface area contributed by atoms with Gasteiger partial charge < -0.3 is 41.8 Å². The van der Waals surface area contributed by atoms with Crippen molar-refractivity contribution in [1.82, 2.24) is 98.9 Å². The van der Waals surface area contributed by atoms with Gasteiger partial charge in [-0.1, -0.05) is 43.2 Å². The second-order valence-corrected chi connectivity index (χ2v) is 34.0. The minimum atomic E-state index is -0.260. The number of pyridine rings is 7. The molecular formula is C104H101F4N21O4. The molecule has 2 aliphatic heterocycles. The molecule has 2 saturated heterocycles. The zero-order chi connectivity index (χ0) is 92.2. The molecule has 0 spiro atoms. The van der Waals surface area contributed by atoms with E-state index in [2.05, 4.69) is 83.5 Å². The van der Waals surface area contributed by atoms with E-state index in [9.17, 15) is 36.7 Å². The molecule has 0 radical (unpaired) electrons. The van der Waals surface area contributed by atoms with Crippen molar-refractivity contribution in [2.24, 2.45) is 11.7 Å². The Hall–Kier alpha value is -15.1. The van der Waals surface area contributed by atoms with E-state index >= 15 is 0 Å². The molecule has 7 N–H and O–H groups in total. The summed E-state index contributed by atoms with van der Waals surface area (Å²) in [4.78, 5) is 89.5. The smallest absolute Gasteiger partial charge is 0.342 e. The van der Waals surface area contributed by atoms with Crippen LogP contribution in [0, 0.1) is 56.9 Å². The number of hydrogen-bond acceptors (Lipinski definition) is 16. The highest BCUT2D eigenvalue weighted by atomic mass is 19.1. The second-order valence-electron chi connectivity index (χ2n) is 34.0. The molecule has 0 bridgehead atoms. The van der Waals surface area contributed by atoms with E-state index < -0.39 is 0 Å². The lowest BCUT2D eigenvalue weighted by Gasteiger charge is -2.29. The standard InChI is InChI=1S/C27H28FN5O.C26H23FN6O.C26H26FN5O.C25H24FN5O/c1-18-14-20(5-7-23(18)28)26-22(4-3-11-29-26)21-6-8-25-30-16-24(33(25)17-21)27(34)31-15-19-9-12-32(2)13-10-19;1-18-14-19(5-7-22(18)27)25-21(4-2-9-29-25)20-6-8-24-31-15-23(33(24)16-20)26(34)30-10-3-12-32-13-11-28-17-32;1-16-13-18(8-10-21(16)27)25-20(5-4-12-29-25)17-9-11-24-19(14-17)15-30-32(24)26(33)31-23-7-3-2-6-22(23)28;1-16-13-17(4-6-21(16)26)24-20(3-2-10-28-24)18-5-7-23-29-14-22(31(23)15-18)25(32)30-19-8-11-27-12-9-19/h3-8,11,14,16-17,19H,9-10,12-13,15H2,1-2H3,(H,31,34);2,4-9,11,13-17H,3,10,12H2,1H3,(H,30,34);4-5,8-15,22-23H,2-3,6-7,28H2,1H3,(H,31,33);2-7,10,13-15,19,27H,8-9,11-12H2,1H3,(H,30,32)/t;;22-,23-;/m..0./s1. The molecule has 674 valence electrons. The van der Waals surface area contributed by atoms with Crippen LogP contribution in [0.1, 0.15) is 112 Å². The van der Waals surface area contributed by atoms with Crippen LogP contribution in [0.25, 0.3) is 117 Å². The van der Waals surface area contributed by atoms with Crippen molar-refractivity contribution in [3.63, 3.8) is 0 Å². The molecule has 29 heteroatoms. The first-order valence-electron chi connectivity index (χ1n) is 44.8. The minimum Gasteiger partial charge on any atom is -0.351 e. The fraction of sp³-hybridized carbons (Fsp3) is 0.240. The Kier molecular flexibility index (Phi) is 27.7. The number of piperidine rings is 2. The number of nitrogens with two attached hydrogens (primary N) is 1. The Morgan fingerprint density at radius 3 is 1.32 bits per heavy atom. The van der Waals surface area contributed by atoms with Crippen molar-refractivity contribution in [1.29, 1.82) is 0 Å². The van der Waals surface area contributed by atoms with Gasteiger partial charge in [0.2, 0.25) is 0 Å². The Labute approximate surface area is 766 Å². The second kappa shape index (κ2) is 40.9. The Bertz CT molecular complexity index is 7090. The molecule has 2 atom stereocenters. The normalized spacial score (nSPS) is 14.8. The van der Waals surface area contributed by atoms with Crippen molar-refractivity contribution in [3.8, 4) is 89.5 Å². The summed E-state index contributed by atoms with van der Waals surface area (Å²) in [5.74, 6) is -0.888. The molecular weight excluding hydrogens is 1680 g/mol. The zero-order valence-corrected chi connectivity index (χ0v) is 74.4. The van der Waals surface area contributed by atoms with Crippen LogP contribution in [0.4, 0.5) is 22.4 Å². The van der Waals surface area contributed by atoms with E-state index in [4.69, 9.17) is 5.73 Å². The number of halogens is 4. The topological polar surface area (TPSA) is 297 Å². The molecule has 17 aromatic rings. The molecule has 14 heterocycles. The number of amides is 4. The number of nitrogens with zero attached hydrogens (tertiary/aromatic N) is 15. The van der Waals surface area contributed by atoms with E-state index in [-0.39, 0.29) is 65.1 Å². The molecule has 4 amide bonds. The van der Waals surface area contributed by atoms with Crippen LogP contribution < -0.4 is 32.3 Å². The summed E-state index contributed by atoms with van der Waals surface area (Å²) in [6.07, 6.45) is 33.4. The molecule has 1 saturated carbocycles. The molecule has 5 aromatic carbocycles. The van der Waals surface area contributed by atoms with Crippen molar-refractivity contribution in [2.75, 3.05) is 46.3 Å². The van der Waals surface area contributed by atoms with Crippen LogP contribution in [0.2, 0.25) is 0 Å². The number of aryl methyl sites for hydroxylation is 5. The third kappa shape index (κ3) is 20.7. The fourth-order valence-corrected chi connectivity index (χ4v) is 17.3. The van der Waals surface area contributed by atoms with Gasteiger partial charge in [-0.05, 0) is 285 Å². The predicted molar refractivity (Wildman–Crippen MR) is 508 cm³/mol. The maximum Gasteiger partial charge on any atom is 0.342 e. The summed E-state index contributed by atoms with van der Waals surface area (Å²) in [6.45, 7) is 12.9. The number of nitrogens with one attached hydrogen (secondary N) is 5. The number of fused-ring (bicyclic) bond motifs is 4. The first-order valence-corrected chi connectivity index (χ1v) is 44.8. The van der Waals surface area contributed by atoms with Crippen molar-refractivity contribution in [2.45, 2.75) is 110 Å². The van der Waals surface area contributed by atoms with Crippen LogP contribution in [-0.4, -0.2) is 161 Å². The molecule has 25 nitrogen and oxygen atoms in total. The summed E-state index contributed by atoms with van der Waals surface area (Å²) in [6, 6.07) is 52.7. The average molecular weight is 1790 g/mol. The summed E-state index contributed by atoms with van der Waals surface area (Å²) in [5.41, 5.74) is 26.4. The van der Waals surface area contributed by atoms with Gasteiger partial charge in [0, 0.05) is 160 Å². The number of carbonyl (C=O) groups excluding carboxylic acids is 4. The van der Waals surface area contributed by atoms with Crippen LogP contribution in [-0.2, 0) is 6.54 Å². The fourth-order valence-electron chi connectivity index (χ4n) is 17.3. The number of benzene rings is 5. The van der Waals surface area contributed by atoms with Gasteiger partial charge >= 0.3 is 6.03 Å². The van der Waals surface area contributed by atoms with Gasteiger partial charge in [-0.2, -0.15) is 9.78 Å². The summed E-state index contributed by atoms with van der Waals surface area (Å²) in [7, 11) is 2.13. The Morgan fingerprint density at radius 1 is 0.451 bits per heavy atom. The Balaban J connectivity index is 0.000000124. The number of aromatic nitrogens is 14. The molecule has 1 aliphatic carbocycles. The highest BCUT2D eigenvalue weighted by Crippen LogP contribution is 2.38. The lowest BCUT2D eigenvalue weighted by Crippen LogP contribution is -2.50. The number of rotatable bonds is 19. The van der Waals surface area contributed by atoms with Crippen LogP contribution in [0.3, 0.4) is 0 Å². The molecule has 3 aliphatic rings. The Morgan fingerprint density at radius 2 is 0.880 bits per heavy atom. The predicted octanol–water partition coefficient (Wildman–Crippen LogP) is 18.1. The van der Waals surface area contributed by atoms with Crippen LogP contribution in [0.5, 0.6) is 0 Å². The molecule has 12 aromatic heterocycles. The summed E-state index contributed by atoms with van der Waals surface area (Å²) >= 11 is 0. The van der Waals surface area contributed by atoms with E-state index in [1.165, 1.54) is 28.9 Å². The van der Waals surface area contributed by atoms with Gasteiger partial charge in [0.05, 0.1) is 59.4 Å². The molecule has 3 fully saturated rings. The van der Waals surface area contributed by atoms with Gasteiger partial charge in [-0.3, -0.25) is 47.5 Å². The van der Waals surface area contributed by atoms with E-state index in [0.29, 0.717) is 75.3 Å². The quantitative estimate of drug-likeness (QED) is 0.0324. The maximum atomic E-state index is 13.8. The third-order valence-electron chi connectivity index (χ3n) is 24.8.